The Balaban J connectivity index is 1.86. The second-order valence-electron chi connectivity index (χ2n) is 7.11. The number of ether oxygens (including phenoxy) is 1. The molecule has 0 aliphatic rings. The summed E-state index contributed by atoms with van der Waals surface area (Å²) in [6.45, 7) is 4.07. The van der Waals surface area contributed by atoms with Gasteiger partial charge >= 0.3 is 0 Å². The molecule has 0 bridgehead atoms. The first kappa shape index (κ1) is 20.9. The number of aryl methyl sites for hydroxylation is 1. The van der Waals surface area contributed by atoms with E-state index in [2.05, 4.69) is 17.6 Å². The van der Waals surface area contributed by atoms with Crippen LogP contribution in [-0.2, 0) is 4.79 Å². The molecule has 150 valence electrons. The predicted molar refractivity (Wildman–Crippen MR) is 117 cm³/mol. The van der Waals surface area contributed by atoms with Gasteiger partial charge in [0.15, 0.2) is 6.04 Å². The summed E-state index contributed by atoms with van der Waals surface area (Å²) in [7, 11) is 1.60. The van der Waals surface area contributed by atoms with Crippen molar-refractivity contribution in [2.24, 2.45) is 0 Å². The maximum Gasteiger partial charge on any atom is 0.287 e. The van der Waals surface area contributed by atoms with E-state index in [1.54, 1.807) is 7.11 Å². The number of anilines is 1. The molecule has 1 amide bonds. The van der Waals surface area contributed by atoms with Gasteiger partial charge in [0, 0.05) is 16.1 Å². The van der Waals surface area contributed by atoms with Crippen molar-refractivity contribution in [3.05, 3.63) is 94.5 Å². The summed E-state index contributed by atoms with van der Waals surface area (Å²) in [5, 5.41) is 5.82. The Hall–Kier alpha value is -2.82. The number of amides is 1. The molecule has 5 heteroatoms. The zero-order chi connectivity index (χ0) is 20.8. The summed E-state index contributed by atoms with van der Waals surface area (Å²) >= 11 is 6.01. The molecule has 0 fully saturated rings. The lowest BCUT2D eigenvalue weighted by Gasteiger charge is -2.21. The molecule has 29 heavy (non-hydrogen) atoms. The summed E-state index contributed by atoms with van der Waals surface area (Å²) in [6, 6.07) is 22.9. The van der Waals surface area contributed by atoms with Gasteiger partial charge in [0.25, 0.3) is 5.91 Å². The molecule has 0 heterocycles. The van der Waals surface area contributed by atoms with E-state index in [1.165, 1.54) is 0 Å². The topological polar surface area (TPSA) is 54.9 Å². The third-order valence-electron chi connectivity index (χ3n) is 4.93. The highest BCUT2D eigenvalue weighted by Gasteiger charge is 2.27. The van der Waals surface area contributed by atoms with Gasteiger partial charge in [0.05, 0.1) is 12.8 Å². The van der Waals surface area contributed by atoms with Gasteiger partial charge in [0.2, 0.25) is 0 Å². The number of carbonyl (C=O) groups excluding carboxylic acids is 1. The minimum Gasteiger partial charge on any atom is -0.495 e. The number of rotatable bonds is 7. The highest BCUT2D eigenvalue weighted by atomic mass is 35.5. The number of benzene rings is 3. The Morgan fingerprint density at radius 3 is 2.34 bits per heavy atom. The summed E-state index contributed by atoms with van der Waals surface area (Å²) < 4.78 is 5.41. The van der Waals surface area contributed by atoms with Crippen LogP contribution in [0.3, 0.4) is 0 Å². The van der Waals surface area contributed by atoms with Crippen molar-refractivity contribution in [2.45, 2.75) is 25.9 Å². The summed E-state index contributed by atoms with van der Waals surface area (Å²) in [5.41, 5.74) is 3.77. The summed E-state index contributed by atoms with van der Waals surface area (Å²) in [5.74, 6) is 0.544. The van der Waals surface area contributed by atoms with E-state index in [0.29, 0.717) is 16.5 Å². The van der Waals surface area contributed by atoms with Gasteiger partial charge in [-0.15, -0.1) is 0 Å². The van der Waals surface area contributed by atoms with Crippen LogP contribution in [0.15, 0.2) is 72.8 Å². The van der Waals surface area contributed by atoms with E-state index in [9.17, 15) is 4.79 Å². The normalized spacial score (nSPS) is 12.8. The number of hydrogen-bond acceptors (Lipinski definition) is 2. The molecule has 0 aliphatic heterocycles. The van der Waals surface area contributed by atoms with Crippen molar-refractivity contribution < 1.29 is 14.8 Å². The largest absolute Gasteiger partial charge is 0.495 e. The van der Waals surface area contributed by atoms with E-state index in [1.807, 2.05) is 79.7 Å². The number of nitrogens with one attached hydrogen (secondary N) is 1. The molecule has 3 aromatic rings. The summed E-state index contributed by atoms with van der Waals surface area (Å²) in [6.07, 6.45) is 0. The van der Waals surface area contributed by atoms with Crippen LogP contribution in [0.25, 0.3) is 0 Å². The molecule has 0 radical (unpaired) electrons. The molecular weight excluding hydrogens is 384 g/mol. The van der Waals surface area contributed by atoms with Crippen molar-refractivity contribution in [2.75, 3.05) is 12.4 Å². The van der Waals surface area contributed by atoms with Crippen molar-refractivity contribution >= 4 is 23.2 Å². The first-order valence-electron chi connectivity index (χ1n) is 9.59. The predicted octanol–water partition coefficient (Wildman–Crippen LogP) is 4.66. The van der Waals surface area contributed by atoms with Crippen LogP contribution >= 0.6 is 11.6 Å². The van der Waals surface area contributed by atoms with Crippen LogP contribution in [0.2, 0.25) is 5.02 Å². The SMILES string of the molecule is COc1ccc(C)cc1NC(=O)[C@H]([NH2+][C@@H](C)c1ccc(Cl)cc1)c1ccccc1. The molecule has 0 saturated heterocycles. The number of halogens is 1. The van der Waals surface area contributed by atoms with Gasteiger partial charge in [-0.1, -0.05) is 60.1 Å². The molecule has 3 rings (SSSR count). The lowest BCUT2D eigenvalue weighted by atomic mass is 10.0. The molecule has 0 spiro atoms. The molecule has 3 N–H and O–H groups in total. The number of carbonyl (C=O) groups is 1. The highest BCUT2D eigenvalue weighted by Crippen LogP contribution is 2.26. The van der Waals surface area contributed by atoms with Crippen LogP contribution in [0.1, 0.15) is 35.7 Å². The molecule has 0 aromatic heterocycles. The average Bonchev–Trinajstić information content (AvgIpc) is 2.73. The van der Waals surface area contributed by atoms with Crippen LogP contribution in [-0.4, -0.2) is 13.0 Å². The smallest absolute Gasteiger partial charge is 0.287 e. The maximum absolute atomic E-state index is 13.3. The Bertz CT molecular complexity index is 958. The Morgan fingerprint density at radius 2 is 1.69 bits per heavy atom. The minimum absolute atomic E-state index is 0.0719. The quantitative estimate of drug-likeness (QED) is 0.596. The molecule has 4 nitrogen and oxygen atoms in total. The number of methoxy groups -OCH3 is 1. The second-order valence-corrected chi connectivity index (χ2v) is 7.55. The van der Waals surface area contributed by atoms with Gasteiger partial charge < -0.3 is 15.4 Å². The summed E-state index contributed by atoms with van der Waals surface area (Å²) in [4.78, 5) is 13.3. The standard InChI is InChI=1S/C24H25ClN2O2/c1-16-9-14-22(29-3)21(15-16)27-24(28)23(19-7-5-4-6-8-19)26-17(2)18-10-12-20(25)13-11-18/h4-15,17,23,26H,1-3H3,(H,27,28)/p+1/t17-,23+/m0/s1. The van der Waals surface area contributed by atoms with Gasteiger partial charge in [-0.25, -0.2) is 0 Å². The van der Waals surface area contributed by atoms with Crippen molar-refractivity contribution in [1.82, 2.24) is 0 Å². The van der Waals surface area contributed by atoms with E-state index >= 15 is 0 Å². The van der Waals surface area contributed by atoms with Crippen molar-refractivity contribution in [3.63, 3.8) is 0 Å². The number of quaternary nitrogens is 1. The third kappa shape index (κ3) is 5.37. The average molecular weight is 410 g/mol. The van der Waals surface area contributed by atoms with Gasteiger partial charge in [-0.3, -0.25) is 4.79 Å². The number of nitrogens with two attached hydrogens (primary N) is 1. The van der Waals surface area contributed by atoms with Crippen molar-refractivity contribution in [3.8, 4) is 5.75 Å². The van der Waals surface area contributed by atoms with E-state index in [4.69, 9.17) is 16.3 Å². The highest BCUT2D eigenvalue weighted by molar-refractivity contribution is 6.30. The molecule has 0 unspecified atom stereocenters. The lowest BCUT2D eigenvalue weighted by molar-refractivity contribution is -0.718. The van der Waals surface area contributed by atoms with Crippen molar-refractivity contribution in [1.29, 1.82) is 0 Å². The maximum atomic E-state index is 13.3. The van der Waals surface area contributed by atoms with Crippen LogP contribution < -0.4 is 15.4 Å². The Morgan fingerprint density at radius 1 is 1.00 bits per heavy atom. The Kier molecular flexibility index (Phi) is 6.91. The van der Waals surface area contributed by atoms with E-state index in [0.717, 1.165) is 16.7 Å². The lowest BCUT2D eigenvalue weighted by Crippen LogP contribution is -2.87. The molecule has 2 atom stereocenters. The second kappa shape index (κ2) is 9.59. The van der Waals surface area contributed by atoms with Gasteiger partial charge in [0.1, 0.15) is 11.8 Å². The Labute approximate surface area is 176 Å². The minimum atomic E-state index is -0.410. The number of hydrogen-bond donors (Lipinski definition) is 2. The van der Waals surface area contributed by atoms with E-state index in [-0.39, 0.29) is 11.9 Å². The van der Waals surface area contributed by atoms with Gasteiger partial charge in [-0.2, -0.15) is 0 Å². The molecule has 0 saturated carbocycles. The first-order valence-corrected chi connectivity index (χ1v) is 9.96. The molecule has 3 aromatic carbocycles. The molecule has 0 aliphatic carbocycles. The zero-order valence-corrected chi connectivity index (χ0v) is 17.6. The monoisotopic (exact) mass is 409 g/mol. The third-order valence-corrected chi connectivity index (χ3v) is 5.18. The fourth-order valence-corrected chi connectivity index (χ4v) is 3.43. The van der Waals surface area contributed by atoms with Crippen LogP contribution in [0.5, 0.6) is 5.75 Å². The first-order chi connectivity index (χ1) is 14.0. The van der Waals surface area contributed by atoms with Gasteiger partial charge in [-0.05, 0) is 43.7 Å². The van der Waals surface area contributed by atoms with E-state index < -0.39 is 6.04 Å². The fourth-order valence-electron chi connectivity index (χ4n) is 3.31. The molecular formula is C24H26ClN2O2+. The zero-order valence-electron chi connectivity index (χ0n) is 16.9. The van der Waals surface area contributed by atoms with Crippen LogP contribution in [0.4, 0.5) is 5.69 Å². The van der Waals surface area contributed by atoms with Crippen LogP contribution in [0, 0.1) is 6.92 Å². The fraction of sp³-hybridized carbons (Fsp3) is 0.208.